The molecule has 1 saturated heterocycles. The van der Waals surface area contributed by atoms with Crippen molar-refractivity contribution in [3.63, 3.8) is 0 Å². The van der Waals surface area contributed by atoms with Crippen LogP contribution in [0.15, 0.2) is 18.3 Å². The molecule has 1 atom stereocenters. The summed E-state index contributed by atoms with van der Waals surface area (Å²) in [6.07, 6.45) is 6.62. The van der Waals surface area contributed by atoms with Gasteiger partial charge in [-0.25, -0.2) is 0 Å². The normalized spacial score (nSPS) is 19.5. The summed E-state index contributed by atoms with van der Waals surface area (Å²) in [5, 5.41) is 3.16. The van der Waals surface area contributed by atoms with Gasteiger partial charge in [-0.05, 0) is 25.0 Å². The minimum absolute atomic E-state index is 0.194. The molecular formula is C16H27N3O2. The molecule has 21 heavy (non-hydrogen) atoms. The first-order valence-electron chi connectivity index (χ1n) is 7.84. The molecule has 1 fully saturated rings. The molecule has 2 heterocycles. The van der Waals surface area contributed by atoms with Crippen LogP contribution in [0.4, 0.5) is 0 Å². The van der Waals surface area contributed by atoms with E-state index >= 15 is 0 Å². The lowest BCUT2D eigenvalue weighted by Crippen LogP contribution is -2.41. The van der Waals surface area contributed by atoms with Crippen LogP contribution in [0.2, 0.25) is 0 Å². The van der Waals surface area contributed by atoms with Crippen molar-refractivity contribution in [2.75, 3.05) is 33.4 Å². The van der Waals surface area contributed by atoms with E-state index in [-0.39, 0.29) is 11.9 Å². The van der Waals surface area contributed by atoms with Crippen molar-refractivity contribution in [3.8, 4) is 0 Å². The van der Waals surface area contributed by atoms with Crippen LogP contribution < -0.4 is 5.32 Å². The van der Waals surface area contributed by atoms with Gasteiger partial charge in [-0.1, -0.05) is 12.8 Å². The number of hydrogen-bond donors (Lipinski definition) is 1. The number of ether oxygens (including phenoxy) is 1. The Morgan fingerprint density at radius 3 is 3.00 bits per heavy atom. The highest BCUT2D eigenvalue weighted by atomic mass is 16.5. The molecule has 0 bridgehead atoms. The van der Waals surface area contributed by atoms with E-state index in [4.69, 9.17) is 4.74 Å². The third kappa shape index (κ3) is 4.32. The van der Waals surface area contributed by atoms with Gasteiger partial charge in [0, 0.05) is 39.1 Å². The maximum absolute atomic E-state index is 12.5. The van der Waals surface area contributed by atoms with Gasteiger partial charge in [0.15, 0.2) is 0 Å². The second-order valence-corrected chi connectivity index (χ2v) is 5.67. The summed E-state index contributed by atoms with van der Waals surface area (Å²) in [6, 6.07) is 4.40. The smallest absolute Gasteiger partial charge is 0.237 e. The number of hydrogen-bond acceptors (Lipinski definition) is 3. The highest BCUT2D eigenvalue weighted by Crippen LogP contribution is 2.30. The number of nitrogens with zero attached hydrogens (tertiary/aromatic N) is 2. The summed E-state index contributed by atoms with van der Waals surface area (Å²) >= 11 is 0. The SMILES string of the molecule is COCCNCC(=O)N1CCCCCC1c1cccn1C. The van der Waals surface area contributed by atoms with Crippen molar-refractivity contribution in [1.29, 1.82) is 0 Å². The minimum atomic E-state index is 0.194. The average Bonchev–Trinajstić information content (AvgIpc) is 2.76. The highest BCUT2D eigenvalue weighted by molar-refractivity contribution is 5.78. The summed E-state index contributed by atoms with van der Waals surface area (Å²) in [7, 11) is 3.73. The van der Waals surface area contributed by atoms with E-state index in [1.54, 1.807) is 7.11 Å². The predicted octanol–water partition coefficient (Wildman–Crippen LogP) is 1.70. The van der Waals surface area contributed by atoms with E-state index in [9.17, 15) is 4.79 Å². The maximum Gasteiger partial charge on any atom is 0.237 e. The lowest BCUT2D eigenvalue weighted by atomic mass is 10.1. The third-order valence-electron chi connectivity index (χ3n) is 4.16. The molecule has 1 amide bonds. The summed E-state index contributed by atoms with van der Waals surface area (Å²) in [6.45, 7) is 2.60. The van der Waals surface area contributed by atoms with Gasteiger partial charge in [-0.2, -0.15) is 0 Å². The topological polar surface area (TPSA) is 46.5 Å². The van der Waals surface area contributed by atoms with Crippen LogP contribution in [-0.2, 0) is 16.6 Å². The second-order valence-electron chi connectivity index (χ2n) is 5.67. The molecule has 1 aromatic heterocycles. The molecule has 5 nitrogen and oxygen atoms in total. The molecular weight excluding hydrogens is 266 g/mol. The van der Waals surface area contributed by atoms with Crippen LogP contribution in [0.3, 0.4) is 0 Å². The number of carbonyl (C=O) groups excluding carboxylic acids is 1. The van der Waals surface area contributed by atoms with Crippen molar-refractivity contribution >= 4 is 5.91 Å². The lowest BCUT2D eigenvalue weighted by Gasteiger charge is -2.31. The van der Waals surface area contributed by atoms with E-state index in [0.29, 0.717) is 19.7 Å². The van der Waals surface area contributed by atoms with Crippen molar-refractivity contribution in [2.45, 2.75) is 31.7 Å². The molecule has 1 aliphatic heterocycles. The van der Waals surface area contributed by atoms with Crippen LogP contribution in [-0.4, -0.2) is 48.7 Å². The zero-order valence-corrected chi connectivity index (χ0v) is 13.2. The summed E-state index contributed by atoms with van der Waals surface area (Å²) in [5.74, 6) is 0.194. The third-order valence-corrected chi connectivity index (χ3v) is 4.16. The Morgan fingerprint density at radius 2 is 2.29 bits per heavy atom. The molecule has 1 aromatic rings. The van der Waals surface area contributed by atoms with Crippen molar-refractivity contribution < 1.29 is 9.53 Å². The van der Waals surface area contributed by atoms with Gasteiger partial charge in [0.1, 0.15) is 0 Å². The number of carbonyl (C=O) groups is 1. The zero-order chi connectivity index (χ0) is 15.1. The molecule has 1 aliphatic rings. The summed E-state index contributed by atoms with van der Waals surface area (Å²) < 4.78 is 7.13. The maximum atomic E-state index is 12.5. The van der Waals surface area contributed by atoms with Crippen LogP contribution in [0.25, 0.3) is 0 Å². The number of rotatable bonds is 6. The number of amides is 1. The van der Waals surface area contributed by atoms with E-state index < -0.39 is 0 Å². The molecule has 0 aromatic carbocycles. The highest BCUT2D eigenvalue weighted by Gasteiger charge is 2.27. The fourth-order valence-corrected chi connectivity index (χ4v) is 3.01. The number of methoxy groups -OCH3 is 1. The van der Waals surface area contributed by atoms with Gasteiger partial charge in [-0.3, -0.25) is 4.79 Å². The van der Waals surface area contributed by atoms with Crippen LogP contribution in [0, 0.1) is 0 Å². The molecule has 118 valence electrons. The first-order valence-corrected chi connectivity index (χ1v) is 7.84. The molecule has 0 spiro atoms. The second kappa shape index (κ2) is 8.20. The number of likely N-dealkylation sites (tertiary alicyclic amines) is 1. The zero-order valence-electron chi connectivity index (χ0n) is 13.2. The Kier molecular flexibility index (Phi) is 6.26. The Hall–Kier alpha value is -1.33. The Bertz CT molecular complexity index is 444. The number of aromatic nitrogens is 1. The Labute approximate surface area is 127 Å². The molecule has 0 radical (unpaired) electrons. The molecule has 0 aliphatic carbocycles. The molecule has 0 saturated carbocycles. The summed E-state index contributed by atoms with van der Waals surface area (Å²) in [4.78, 5) is 14.6. The largest absolute Gasteiger partial charge is 0.383 e. The van der Waals surface area contributed by atoms with Gasteiger partial charge in [0.2, 0.25) is 5.91 Å². The van der Waals surface area contributed by atoms with E-state index in [1.165, 1.54) is 18.5 Å². The van der Waals surface area contributed by atoms with Crippen molar-refractivity contribution in [3.05, 3.63) is 24.0 Å². The monoisotopic (exact) mass is 293 g/mol. The molecule has 1 unspecified atom stereocenters. The molecule has 5 heteroatoms. The Morgan fingerprint density at radius 1 is 1.43 bits per heavy atom. The molecule has 2 rings (SSSR count). The number of aryl methyl sites for hydroxylation is 1. The first-order chi connectivity index (χ1) is 10.2. The minimum Gasteiger partial charge on any atom is -0.383 e. The standard InChI is InChI=1S/C16H27N3O2/c1-18-10-6-8-14(18)15-7-4-3-5-11-19(15)16(20)13-17-9-12-21-2/h6,8,10,15,17H,3-5,7,9,11-13H2,1-2H3. The van der Waals surface area contributed by atoms with Gasteiger partial charge in [-0.15, -0.1) is 0 Å². The van der Waals surface area contributed by atoms with Crippen LogP contribution in [0.5, 0.6) is 0 Å². The van der Waals surface area contributed by atoms with Crippen LogP contribution >= 0.6 is 0 Å². The summed E-state index contributed by atoms with van der Waals surface area (Å²) in [5.41, 5.74) is 1.24. The predicted molar refractivity (Wildman–Crippen MR) is 83.1 cm³/mol. The van der Waals surface area contributed by atoms with Gasteiger partial charge in [0.25, 0.3) is 0 Å². The fraction of sp³-hybridized carbons (Fsp3) is 0.688. The van der Waals surface area contributed by atoms with Crippen LogP contribution in [0.1, 0.15) is 37.4 Å². The van der Waals surface area contributed by atoms with E-state index in [2.05, 4.69) is 40.2 Å². The van der Waals surface area contributed by atoms with Crippen molar-refractivity contribution in [2.24, 2.45) is 7.05 Å². The first kappa shape index (κ1) is 16.0. The van der Waals surface area contributed by atoms with Gasteiger partial charge >= 0.3 is 0 Å². The van der Waals surface area contributed by atoms with E-state index in [0.717, 1.165) is 19.4 Å². The number of nitrogens with one attached hydrogen (secondary N) is 1. The molecule has 1 N–H and O–H groups in total. The van der Waals surface area contributed by atoms with Crippen molar-refractivity contribution in [1.82, 2.24) is 14.8 Å². The lowest BCUT2D eigenvalue weighted by molar-refractivity contribution is -0.132. The fourth-order valence-electron chi connectivity index (χ4n) is 3.01. The quantitative estimate of drug-likeness (QED) is 0.812. The van der Waals surface area contributed by atoms with Gasteiger partial charge < -0.3 is 19.5 Å². The average molecular weight is 293 g/mol. The van der Waals surface area contributed by atoms with Gasteiger partial charge in [0.05, 0.1) is 19.2 Å². The van der Waals surface area contributed by atoms with E-state index in [1.807, 2.05) is 0 Å². The Balaban J connectivity index is 2.02.